The van der Waals surface area contributed by atoms with Gasteiger partial charge in [0, 0.05) is 48.1 Å². The Kier molecular flexibility index (Phi) is 6.98. The Labute approximate surface area is 211 Å². The van der Waals surface area contributed by atoms with E-state index in [4.69, 9.17) is 4.74 Å². The van der Waals surface area contributed by atoms with E-state index in [-0.39, 0.29) is 17.9 Å². The zero-order valence-electron chi connectivity index (χ0n) is 20.0. The summed E-state index contributed by atoms with van der Waals surface area (Å²) in [5.41, 5.74) is 2.98. The molecule has 1 fully saturated rings. The number of phosphoric acid groups is 1. The molecule has 12 heteroatoms. The van der Waals surface area contributed by atoms with E-state index in [1.165, 1.54) is 15.2 Å². The zero-order chi connectivity index (χ0) is 26.2. The highest BCUT2D eigenvalue weighted by atomic mass is 31.2. The number of phosphoric ester groups is 1. The largest absolute Gasteiger partial charge is 0.790 e. The van der Waals surface area contributed by atoms with Crippen LogP contribution in [0.5, 0.6) is 0 Å². The standard InChI is InChI=1S/C25H26FN4O6P/c1-17-3-2-4-19(24(17)26)14-29-6-5-18(11-23(29)31)22-15-30(16-36-37(32,33)34)25-21(22)12-20(13-27-25)28-7-9-35-10-8-28/h2-6,11-13,15H,7-10,14,16H2,1H3,(H2,32,33,34)/p-2. The average Bonchev–Trinajstić information content (AvgIpc) is 3.25. The van der Waals surface area contributed by atoms with Gasteiger partial charge in [-0.25, -0.2) is 9.37 Å². The molecule has 1 aliphatic heterocycles. The number of aryl methyl sites for hydroxylation is 1. The lowest BCUT2D eigenvalue weighted by atomic mass is 10.1. The van der Waals surface area contributed by atoms with Crippen LogP contribution in [0.25, 0.3) is 22.2 Å². The van der Waals surface area contributed by atoms with Crippen molar-refractivity contribution >= 4 is 24.5 Å². The van der Waals surface area contributed by atoms with Gasteiger partial charge in [0.05, 0.1) is 39.5 Å². The highest BCUT2D eigenvalue weighted by Gasteiger charge is 2.18. The molecule has 3 aromatic heterocycles. The maximum Gasteiger partial charge on any atom is 0.251 e. The van der Waals surface area contributed by atoms with Gasteiger partial charge in [-0.1, -0.05) is 18.2 Å². The molecule has 0 N–H and O–H groups in total. The van der Waals surface area contributed by atoms with Crippen LogP contribution in [0.15, 0.2) is 59.8 Å². The number of hydrogen-bond donors (Lipinski definition) is 0. The summed E-state index contributed by atoms with van der Waals surface area (Å²) in [5, 5.41) is 0.654. The molecule has 37 heavy (non-hydrogen) atoms. The van der Waals surface area contributed by atoms with E-state index in [1.807, 2.05) is 6.07 Å². The fourth-order valence-corrected chi connectivity index (χ4v) is 4.70. The van der Waals surface area contributed by atoms with Crippen molar-refractivity contribution < 1.29 is 28.0 Å². The molecular formula is C25H24FN4O6P-2. The van der Waals surface area contributed by atoms with Crippen molar-refractivity contribution in [3.63, 3.8) is 0 Å². The molecule has 194 valence electrons. The molecule has 0 unspecified atom stereocenters. The van der Waals surface area contributed by atoms with Gasteiger partial charge in [0.15, 0.2) is 0 Å². The number of fused-ring (bicyclic) bond motifs is 1. The third-order valence-electron chi connectivity index (χ3n) is 6.35. The zero-order valence-corrected chi connectivity index (χ0v) is 20.9. The summed E-state index contributed by atoms with van der Waals surface area (Å²) in [6.07, 6.45) is 4.84. The first kappa shape index (κ1) is 25.3. The van der Waals surface area contributed by atoms with Crippen molar-refractivity contribution in [1.82, 2.24) is 14.1 Å². The van der Waals surface area contributed by atoms with Gasteiger partial charge in [0.2, 0.25) is 0 Å². The molecule has 1 aliphatic rings. The molecule has 0 spiro atoms. The Morgan fingerprint density at radius 1 is 1.16 bits per heavy atom. The van der Waals surface area contributed by atoms with Gasteiger partial charge < -0.3 is 37.6 Å². The molecule has 10 nitrogen and oxygen atoms in total. The number of anilines is 1. The third kappa shape index (κ3) is 5.51. The minimum absolute atomic E-state index is 0.0766. The molecule has 0 atom stereocenters. The summed E-state index contributed by atoms with van der Waals surface area (Å²) < 4.78 is 38.3. The van der Waals surface area contributed by atoms with Crippen LogP contribution < -0.4 is 20.2 Å². The molecule has 0 bridgehead atoms. The second-order valence-corrected chi connectivity index (χ2v) is 9.96. The molecule has 0 radical (unpaired) electrons. The minimum atomic E-state index is -5.21. The molecular weight excluding hydrogens is 502 g/mol. The maximum absolute atomic E-state index is 14.5. The average molecular weight is 526 g/mol. The number of morpholine rings is 1. The lowest BCUT2D eigenvalue weighted by Gasteiger charge is -2.29. The molecule has 0 amide bonds. The predicted molar refractivity (Wildman–Crippen MR) is 131 cm³/mol. The van der Waals surface area contributed by atoms with Gasteiger partial charge in [0.25, 0.3) is 5.56 Å². The van der Waals surface area contributed by atoms with E-state index in [0.717, 1.165) is 5.69 Å². The van der Waals surface area contributed by atoms with Gasteiger partial charge in [-0.05, 0) is 30.2 Å². The Balaban J connectivity index is 1.54. The number of benzene rings is 1. The van der Waals surface area contributed by atoms with E-state index in [2.05, 4.69) is 14.4 Å². The Morgan fingerprint density at radius 2 is 1.95 bits per heavy atom. The van der Waals surface area contributed by atoms with Crippen LogP contribution in [-0.4, -0.2) is 40.4 Å². The summed E-state index contributed by atoms with van der Waals surface area (Å²) in [6, 6.07) is 10.1. The molecule has 4 aromatic rings. The van der Waals surface area contributed by atoms with E-state index in [0.29, 0.717) is 59.6 Å². The lowest BCUT2D eigenvalue weighted by molar-refractivity contribution is -0.344. The first-order valence-electron chi connectivity index (χ1n) is 11.6. The molecule has 1 saturated heterocycles. The first-order valence-corrected chi connectivity index (χ1v) is 13.1. The SMILES string of the molecule is Cc1cccc(Cn2ccc(-c3cn(COP(=O)([O-])[O-])c4ncc(N5CCOCC5)cc34)cc2=O)c1F. The smallest absolute Gasteiger partial charge is 0.251 e. The molecule has 0 saturated carbocycles. The first-order chi connectivity index (χ1) is 17.7. The van der Waals surface area contributed by atoms with Crippen LogP contribution in [0.4, 0.5) is 10.1 Å². The fraction of sp³-hybridized carbons (Fsp3) is 0.280. The molecule has 4 heterocycles. The van der Waals surface area contributed by atoms with Gasteiger partial charge >= 0.3 is 0 Å². The monoisotopic (exact) mass is 526 g/mol. The second kappa shape index (κ2) is 10.2. The molecule has 0 aliphatic carbocycles. The van der Waals surface area contributed by atoms with Crippen molar-refractivity contribution in [1.29, 1.82) is 0 Å². The number of rotatable bonds is 7. The van der Waals surface area contributed by atoms with Gasteiger partial charge in [-0.2, -0.15) is 0 Å². The van der Waals surface area contributed by atoms with Gasteiger partial charge in [-0.3, -0.25) is 4.79 Å². The van der Waals surface area contributed by atoms with Gasteiger partial charge in [-0.15, -0.1) is 0 Å². The van der Waals surface area contributed by atoms with Crippen LogP contribution in [0.3, 0.4) is 0 Å². The fourth-order valence-electron chi connectivity index (χ4n) is 4.44. The Hall–Kier alpha value is -3.34. The Bertz CT molecular complexity index is 1560. The summed E-state index contributed by atoms with van der Waals surface area (Å²) >= 11 is 0. The maximum atomic E-state index is 14.5. The number of aromatic nitrogens is 3. The minimum Gasteiger partial charge on any atom is -0.790 e. The van der Waals surface area contributed by atoms with E-state index in [1.54, 1.807) is 49.8 Å². The highest BCUT2D eigenvalue weighted by molar-refractivity contribution is 7.43. The van der Waals surface area contributed by atoms with Crippen molar-refractivity contribution in [3.8, 4) is 11.1 Å². The van der Waals surface area contributed by atoms with Crippen LogP contribution in [0, 0.1) is 12.7 Å². The summed E-state index contributed by atoms with van der Waals surface area (Å²) in [6.45, 7) is 3.74. The molecule has 1 aromatic carbocycles. The van der Waals surface area contributed by atoms with Crippen LogP contribution in [-0.2, 0) is 27.1 Å². The van der Waals surface area contributed by atoms with E-state index < -0.39 is 14.6 Å². The summed E-state index contributed by atoms with van der Waals surface area (Å²) in [5.74, 6) is -0.350. The Morgan fingerprint density at radius 3 is 2.68 bits per heavy atom. The van der Waals surface area contributed by atoms with E-state index >= 15 is 0 Å². The predicted octanol–water partition coefficient (Wildman–Crippen LogP) is 2.00. The van der Waals surface area contributed by atoms with Crippen molar-refractivity contribution in [3.05, 3.63) is 82.3 Å². The quantitative estimate of drug-likeness (QED) is 0.335. The van der Waals surface area contributed by atoms with Crippen molar-refractivity contribution in [2.24, 2.45) is 0 Å². The lowest BCUT2D eigenvalue weighted by Crippen LogP contribution is -2.36. The highest BCUT2D eigenvalue weighted by Crippen LogP contribution is 2.34. The normalized spacial score (nSPS) is 14.4. The number of hydrogen-bond acceptors (Lipinski definition) is 8. The number of ether oxygens (including phenoxy) is 1. The van der Waals surface area contributed by atoms with Crippen molar-refractivity contribution in [2.45, 2.75) is 20.2 Å². The van der Waals surface area contributed by atoms with Crippen LogP contribution in [0.2, 0.25) is 0 Å². The summed E-state index contributed by atoms with van der Waals surface area (Å²) in [7, 11) is -5.21. The van der Waals surface area contributed by atoms with Crippen LogP contribution in [0.1, 0.15) is 11.1 Å². The molecule has 5 rings (SSSR count). The third-order valence-corrected chi connectivity index (χ3v) is 6.78. The number of halogens is 1. The topological polar surface area (TPSA) is 125 Å². The number of nitrogens with zero attached hydrogens (tertiary/aromatic N) is 4. The van der Waals surface area contributed by atoms with Gasteiger partial charge in [0.1, 0.15) is 18.2 Å². The van der Waals surface area contributed by atoms with Crippen LogP contribution >= 0.6 is 7.82 Å². The van der Waals surface area contributed by atoms with Crippen molar-refractivity contribution in [2.75, 3.05) is 31.2 Å². The summed E-state index contributed by atoms with van der Waals surface area (Å²) in [4.78, 5) is 41.8. The number of pyridine rings is 2. The van der Waals surface area contributed by atoms with E-state index in [9.17, 15) is 23.5 Å². The second-order valence-electron chi connectivity index (χ2n) is 8.81.